The second-order valence-electron chi connectivity index (χ2n) is 9.08. The van der Waals surface area contributed by atoms with E-state index in [0.717, 1.165) is 37.8 Å². The monoisotopic (exact) mass is 469 g/mol. The van der Waals surface area contributed by atoms with Crippen LogP contribution in [0.25, 0.3) is 0 Å². The van der Waals surface area contributed by atoms with Crippen molar-refractivity contribution in [2.24, 2.45) is 0 Å². The molecule has 32 heavy (non-hydrogen) atoms. The lowest BCUT2D eigenvalue weighted by molar-refractivity contribution is -0.137. The van der Waals surface area contributed by atoms with Gasteiger partial charge in [0.25, 0.3) is 0 Å². The van der Waals surface area contributed by atoms with Crippen LogP contribution in [0.1, 0.15) is 70.3 Å². The molecular formula is C22H30F3N5OS. The van der Waals surface area contributed by atoms with E-state index in [1.54, 1.807) is 6.07 Å². The van der Waals surface area contributed by atoms with Gasteiger partial charge in [0.05, 0.1) is 17.9 Å². The molecular weight excluding hydrogens is 439 g/mol. The highest BCUT2D eigenvalue weighted by Crippen LogP contribution is 2.33. The van der Waals surface area contributed by atoms with Crippen LogP contribution in [0.3, 0.4) is 0 Å². The van der Waals surface area contributed by atoms with Crippen molar-refractivity contribution in [1.29, 1.82) is 0 Å². The molecule has 0 bridgehead atoms. The van der Waals surface area contributed by atoms with Crippen LogP contribution in [-0.2, 0) is 17.5 Å². The fourth-order valence-corrected chi connectivity index (χ4v) is 4.63. The van der Waals surface area contributed by atoms with E-state index in [1.165, 1.54) is 24.2 Å². The molecule has 1 amide bonds. The highest BCUT2D eigenvalue weighted by Gasteiger charge is 2.30. The number of nitrogens with one attached hydrogen (secondary N) is 2. The second kappa shape index (κ2) is 10.1. The minimum atomic E-state index is -4.39. The SMILES string of the molecule is CC(C)(C)NC(=O)CSc1nnc(CNc2cccc(C(F)(F)F)c2)n1C1CCCCC1. The van der Waals surface area contributed by atoms with Gasteiger partial charge in [-0.3, -0.25) is 4.79 Å². The molecule has 0 aliphatic heterocycles. The van der Waals surface area contributed by atoms with Crippen LogP contribution in [0.15, 0.2) is 29.4 Å². The van der Waals surface area contributed by atoms with E-state index in [4.69, 9.17) is 0 Å². The summed E-state index contributed by atoms with van der Waals surface area (Å²) in [5.74, 6) is 0.806. The minimum absolute atomic E-state index is 0.0793. The third-order valence-corrected chi connectivity index (χ3v) is 6.11. The van der Waals surface area contributed by atoms with Crippen molar-refractivity contribution in [1.82, 2.24) is 20.1 Å². The van der Waals surface area contributed by atoms with Crippen molar-refractivity contribution < 1.29 is 18.0 Å². The van der Waals surface area contributed by atoms with Gasteiger partial charge >= 0.3 is 6.18 Å². The number of alkyl halides is 3. The number of carbonyl (C=O) groups excluding carboxylic acids is 1. The van der Waals surface area contributed by atoms with E-state index < -0.39 is 11.7 Å². The maximum absolute atomic E-state index is 13.0. The molecule has 2 aromatic rings. The lowest BCUT2D eigenvalue weighted by atomic mass is 9.95. The Bertz CT molecular complexity index is 917. The summed E-state index contributed by atoms with van der Waals surface area (Å²) >= 11 is 1.34. The van der Waals surface area contributed by atoms with Gasteiger partial charge in [-0.1, -0.05) is 37.1 Å². The Kier molecular flexibility index (Phi) is 7.74. The van der Waals surface area contributed by atoms with Gasteiger partial charge in [0.15, 0.2) is 11.0 Å². The van der Waals surface area contributed by atoms with Crippen molar-refractivity contribution in [3.05, 3.63) is 35.7 Å². The molecule has 1 aromatic carbocycles. The standard InChI is InChI=1S/C22H30F3N5OS/c1-21(2,3)27-19(31)14-32-20-29-28-18(30(20)17-10-5-4-6-11-17)13-26-16-9-7-8-15(12-16)22(23,24)25/h7-9,12,17,26H,4-6,10-11,13-14H2,1-3H3,(H,27,31). The van der Waals surface area contributed by atoms with Gasteiger partial charge in [-0.05, 0) is 51.8 Å². The second-order valence-corrected chi connectivity index (χ2v) is 10.0. The molecule has 10 heteroatoms. The van der Waals surface area contributed by atoms with Gasteiger partial charge in [-0.15, -0.1) is 10.2 Å². The maximum atomic E-state index is 13.0. The Hall–Kier alpha value is -2.23. The molecule has 0 atom stereocenters. The molecule has 1 saturated carbocycles. The number of anilines is 1. The molecule has 0 unspecified atom stereocenters. The summed E-state index contributed by atoms with van der Waals surface area (Å²) < 4.78 is 41.1. The number of carbonyl (C=O) groups is 1. The Balaban J connectivity index is 1.75. The van der Waals surface area contributed by atoms with Crippen LogP contribution in [-0.4, -0.2) is 32.0 Å². The first-order valence-electron chi connectivity index (χ1n) is 10.8. The van der Waals surface area contributed by atoms with Gasteiger partial charge in [0, 0.05) is 17.3 Å². The number of aromatic nitrogens is 3. The molecule has 1 heterocycles. The number of amides is 1. The molecule has 176 valence electrons. The number of nitrogens with zero attached hydrogens (tertiary/aromatic N) is 3. The topological polar surface area (TPSA) is 71.8 Å². The lowest BCUT2D eigenvalue weighted by Gasteiger charge is -2.26. The molecule has 1 aliphatic carbocycles. The third kappa shape index (κ3) is 6.88. The van der Waals surface area contributed by atoms with Gasteiger partial charge in [0.2, 0.25) is 5.91 Å². The lowest BCUT2D eigenvalue weighted by Crippen LogP contribution is -2.41. The summed E-state index contributed by atoms with van der Waals surface area (Å²) in [6.45, 7) is 6.03. The van der Waals surface area contributed by atoms with Crippen LogP contribution in [0.2, 0.25) is 0 Å². The highest BCUT2D eigenvalue weighted by molar-refractivity contribution is 7.99. The molecule has 3 rings (SSSR count). The quantitative estimate of drug-likeness (QED) is 0.530. The predicted octanol–water partition coefficient (Wildman–Crippen LogP) is 5.42. The zero-order valence-electron chi connectivity index (χ0n) is 18.6. The first-order chi connectivity index (χ1) is 15.0. The fourth-order valence-electron chi connectivity index (χ4n) is 3.80. The average Bonchev–Trinajstić information content (AvgIpc) is 3.12. The fraction of sp³-hybridized carbons (Fsp3) is 0.591. The molecule has 1 aliphatic rings. The molecule has 6 nitrogen and oxygen atoms in total. The number of hydrogen-bond donors (Lipinski definition) is 2. The first kappa shape index (κ1) is 24.4. The smallest absolute Gasteiger partial charge is 0.378 e. The summed E-state index contributed by atoms with van der Waals surface area (Å²) in [4.78, 5) is 12.3. The zero-order valence-corrected chi connectivity index (χ0v) is 19.4. The van der Waals surface area contributed by atoms with Gasteiger partial charge < -0.3 is 15.2 Å². The summed E-state index contributed by atoms with van der Waals surface area (Å²) in [5.41, 5.74) is -0.636. The van der Waals surface area contributed by atoms with E-state index >= 15 is 0 Å². The van der Waals surface area contributed by atoms with Gasteiger partial charge in [0.1, 0.15) is 0 Å². The summed E-state index contributed by atoms with van der Waals surface area (Å²) in [6.07, 6.45) is 1.01. The molecule has 1 fully saturated rings. The Morgan fingerprint density at radius 2 is 1.88 bits per heavy atom. The molecule has 0 spiro atoms. The van der Waals surface area contributed by atoms with Crippen molar-refractivity contribution in [2.45, 2.75) is 82.3 Å². The molecule has 2 N–H and O–H groups in total. The summed E-state index contributed by atoms with van der Waals surface area (Å²) in [6, 6.07) is 5.35. The zero-order chi connectivity index (χ0) is 23.4. The maximum Gasteiger partial charge on any atom is 0.416 e. The molecule has 0 radical (unpaired) electrons. The van der Waals surface area contributed by atoms with Crippen molar-refractivity contribution in [3.63, 3.8) is 0 Å². The van der Waals surface area contributed by atoms with Crippen LogP contribution in [0.4, 0.5) is 18.9 Å². The number of benzene rings is 1. The van der Waals surface area contributed by atoms with Crippen LogP contribution >= 0.6 is 11.8 Å². The Morgan fingerprint density at radius 3 is 2.53 bits per heavy atom. The van der Waals surface area contributed by atoms with E-state index in [1.807, 2.05) is 20.8 Å². The van der Waals surface area contributed by atoms with Crippen molar-refractivity contribution >= 4 is 23.4 Å². The number of rotatable bonds is 7. The first-order valence-corrected chi connectivity index (χ1v) is 11.8. The van der Waals surface area contributed by atoms with Crippen molar-refractivity contribution in [2.75, 3.05) is 11.1 Å². The summed E-state index contributed by atoms with van der Waals surface area (Å²) in [7, 11) is 0. The number of thioether (sulfide) groups is 1. The average molecular weight is 470 g/mol. The Morgan fingerprint density at radius 1 is 1.16 bits per heavy atom. The van der Waals surface area contributed by atoms with Crippen LogP contribution in [0.5, 0.6) is 0 Å². The van der Waals surface area contributed by atoms with Gasteiger partial charge in [-0.2, -0.15) is 13.2 Å². The normalized spacial score (nSPS) is 15.6. The number of hydrogen-bond acceptors (Lipinski definition) is 5. The predicted molar refractivity (Wildman–Crippen MR) is 120 cm³/mol. The minimum Gasteiger partial charge on any atom is -0.378 e. The molecule has 1 aromatic heterocycles. The summed E-state index contributed by atoms with van der Waals surface area (Å²) in [5, 5.41) is 15.3. The molecule has 0 saturated heterocycles. The van der Waals surface area contributed by atoms with E-state index in [9.17, 15) is 18.0 Å². The van der Waals surface area contributed by atoms with E-state index in [0.29, 0.717) is 16.7 Å². The van der Waals surface area contributed by atoms with E-state index in [2.05, 4.69) is 25.4 Å². The van der Waals surface area contributed by atoms with Crippen LogP contribution < -0.4 is 10.6 Å². The highest BCUT2D eigenvalue weighted by atomic mass is 32.2. The van der Waals surface area contributed by atoms with E-state index in [-0.39, 0.29) is 29.8 Å². The van der Waals surface area contributed by atoms with Crippen LogP contribution in [0, 0.1) is 0 Å². The van der Waals surface area contributed by atoms with Crippen molar-refractivity contribution in [3.8, 4) is 0 Å². The Labute approximate surface area is 190 Å². The van der Waals surface area contributed by atoms with Gasteiger partial charge in [-0.25, -0.2) is 0 Å². The number of halogens is 3. The largest absolute Gasteiger partial charge is 0.416 e. The third-order valence-electron chi connectivity index (χ3n) is 5.16.